The van der Waals surface area contributed by atoms with Gasteiger partial charge >= 0.3 is 5.97 Å². The predicted molar refractivity (Wildman–Crippen MR) is 52.7 cm³/mol. The maximum absolute atomic E-state index is 9.86. The number of carboxylic acids is 1. The summed E-state index contributed by atoms with van der Waals surface area (Å²) in [4.78, 5) is 9.86. The lowest BCUT2D eigenvalue weighted by Gasteiger charge is -2.06. The van der Waals surface area contributed by atoms with E-state index in [0.717, 1.165) is 0 Å². The number of aliphatic carboxylic acids is 1. The summed E-state index contributed by atoms with van der Waals surface area (Å²) in [5.74, 6) is -1.18. The van der Waals surface area contributed by atoms with Crippen LogP contribution < -0.4 is 5.73 Å². The number of nitrogens with two attached hydrogens (primary N) is 1. The number of aliphatic hydroxyl groups is 1. The van der Waals surface area contributed by atoms with Gasteiger partial charge in [-0.2, -0.15) is 0 Å². The molecule has 0 fully saturated rings. The average molecular weight is 195 g/mol. The van der Waals surface area contributed by atoms with E-state index in [1.165, 1.54) is 18.1 Å². The van der Waals surface area contributed by atoms with E-state index in [0.29, 0.717) is 0 Å². The van der Waals surface area contributed by atoms with E-state index in [4.69, 9.17) is 15.9 Å². The van der Waals surface area contributed by atoms with Gasteiger partial charge in [0.05, 0.1) is 6.10 Å². The molecule has 0 radical (unpaired) electrons. The molecule has 2 atom stereocenters. The van der Waals surface area contributed by atoms with Crippen molar-refractivity contribution in [2.45, 2.75) is 19.1 Å². The topological polar surface area (TPSA) is 83.5 Å². The van der Waals surface area contributed by atoms with Crippen molar-refractivity contribution in [1.29, 1.82) is 0 Å². The smallest absolute Gasteiger partial charge is 0.323 e. The van der Waals surface area contributed by atoms with Gasteiger partial charge < -0.3 is 15.9 Å². The number of rotatable bonds is 2. The molecule has 0 amide bonds. The van der Waals surface area contributed by atoms with Gasteiger partial charge in [-0.1, -0.05) is 18.2 Å². The second-order valence-corrected chi connectivity index (χ2v) is 3.19. The van der Waals surface area contributed by atoms with Gasteiger partial charge in [-0.15, -0.1) is 0 Å². The molecular weight excluding hydrogens is 182 g/mol. The zero-order valence-electron chi connectivity index (χ0n) is 7.84. The minimum Gasteiger partial charge on any atom is -0.480 e. The molecule has 0 spiro atoms. The van der Waals surface area contributed by atoms with E-state index in [2.05, 4.69) is 24.3 Å². The zero-order chi connectivity index (χ0) is 10.7. The molecule has 0 saturated carbocycles. The van der Waals surface area contributed by atoms with E-state index < -0.39 is 18.1 Å². The van der Waals surface area contributed by atoms with Crippen LogP contribution in [-0.2, 0) is 4.79 Å². The highest BCUT2D eigenvalue weighted by atomic mass is 16.4. The summed E-state index contributed by atoms with van der Waals surface area (Å²) in [5.41, 5.74) is 7.76. The Bertz CT molecular complexity index is 319. The minimum atomic E-state index is -1.18. The molecule has 0 aromatic heterocycles. The maximum Gasteiger partial charge on any atom is 0.323 e. The molecule has 0 bridgehead atoms. The van der Waals surface area contributed by atoms with E-state index in [-0.39, 0.29) is 0 Å². The fourth-order valence-corrected chi connectivity index (χ4v) is 0.882. The van der Waals surface area contributed by atoms with Crippen LogP contribution in [0.5, 0.6) is 0 Å². The standard InChI is InChI=1S/C6H4.C4H9NO3/c1-2-5-4-6(5)3-1;1-2(6)3(5)4(7)8/h1-4H;2-3,6H,5H2,1H3,(H,7,8). The number of carbonyl (C=O) groups is 1. The number of benzene rings is 1. The number of hydrogen-bond acceptors (Lipinski definition) is 3. The zero-order valence-corrected chi connectivity index (χ0v) is 7.84. The van der Waals surface area contributed by atoms with Crippen LogP contribution in [0.3, 0.4) is 0 Å². The third-order valence-corrected chi connectivity index (χ3v) is 1.92. The van der Waals surface area contributed by atoms with Gasteiger partial charge in [-0.3, -0.25) is 4.79 Å². The molecule has 2 unspecified atom stereocenters. The monoisotopic (exact) mass is 195 g/mol. The Morgan fingerprint density at radius 3 is 2.00 bits per heavy atom. The van der Waals surface area contributed by atoms with E-state index in [1.807, 2.05) is 0 Å². The first-order valence-corrected chi connectivity index (χ1v) is 4.29. The van der Waals surface area contributed by atoms with Gasteiger partial charge in [0.1, 0.15) is 6.04 Å². The molecule has 76 valence electrons. The van der Waals surface area contributed by atoms with Gasteiger partial charge in [0.15, 0.2) is 0 Å². The first kappa shape index (κ1) is 10.7. The third kappa shape index (κ3) is 2.83. The second-order valence-electron chi connectivity index (χ2n) is 3.19. The lowest BCUT2D eigenvalue weighted by Crippen LogP contribution is -2.39. The summed E-state index contributed by atoms with van der Waals surface area (Å²) < 4.78 is 0. The number of fused-ring (bicyclic) bond motifs is 1. The molecule has 0 aromatic carbocycles. The normalized spacial score (nSPS) is 14.8. The molecule has 0 aliphatic heterocycles. The molecule has 0 aromatic rings. The molecule has 0 heterocycles. The Morgan fingerprint density at radius 1 is 1.43 bits per heavy atom. The van der Waals surface area contributed by atoms with Crippen molar-refractivity contribution in [2.75, 3.05) is 0 Å². The summed E-state index contributed by atoms with van der Waals surface area (Å²) in [7, 11) is 0. The van der Waals surface area contributed by atoms with Gasteiger partial charge in [-0.05, 0) is 24.1 Å². The Hall–Kier alpha value is -1.39. The summed E-state index contributed by atoms with van der Waals surface area (Å²) in [5, 5.41) is 16.6. The van der Waals surface area contributed by atoms with Crippen LogP contribution in [0.4, 0.5) is 0 Å². The van der Waals surface area contributed by atoms with E-state index in [9.17, 15) is 4.79 Å². The fourth-order valence-electron chi connectivity index (χ4n) is 0.882. The van der Waals surface area contributed by atoms with Crippen LogP contribution >= 0.6 is 0 Å². The Labute approximate surface area is 82.0 Å². The van der Waals surface area contributed by atoms with Crippen LogP contribution in [0.1, 0.15) is 6.92 Å². The molecule has 4 N–H and O–H groups in total. The quantitative estimate of drug-likeness (QED) is 0.649. The van der Waals surface area contributed by atoms with Crippen molar-refractivity contribution < 1.29 is 15.0 Å². The highest BCUT2D eigenvalue weighted by molar-refractivity contribution is 5.80. The van der Waals surface area contributed by atoms with Gasteiger partial charge in [0.2, 0.25) is 0 Å². The molecule has 4 heteroatoms. The lowest BCUT2D eigenvalue weighted by molar-refractivity contribution is -0.140. The summed E-state index contributed by atoms with van der Waals surface area (Å²) in [6.45, 7) is 1.33. The maximum atomic E-state index is 9.86. The summed E-state index contributed by atoms with van der Waals surface area (Å²) in [6, 6.07) is 7.32. The molecule has 2 aliphatic carbocycles. The van der Waals surface area contributed by atoms with Crippen molar-refractivity contribution in [3.63, 3.8) is 0 Å². The van der Waals surface area contributed by atoms with Gasteiger partial charge in [0, 0.05) is 0 Å². The molecule has 0 saturated heterocycles. The Morgan fingerprint density at radius 2 is 1.93 bits per heavy atom. The number of aliphatic hydroxyl groups excluding tert-OH is 1. The Kier molecular flexibility index (Phi) is 3.22. The highest BCUT2D eigenvalue weighted by Gasteiger charge is 2.16. The van der Waals surface area contributed by atoms with Crippen molar-refractivity contribution >= 4 is 5.97 Å². The summed E-state index contributed by atoms with van der Waals surface area (Å²) >= 11 is 0. The molecule has 14 heavy (non-hydrogen) atoms. The van der Waals surface area contributed by atoms with Crippen LogP contribution in [0.25, 0.3) is 11.1 Å². The third-order valence-electron chi connectivity index (χ3n) is 1.92. The first-order chi connectivity index (χ1) is 6.52. The molecule has 4 nitrogen and oxygen atoms in total. The number of carboxylic acid groups (broad SMARTS) is 1. The molecular formula is C10H13NO3. The van der Waals surface area contributed by atoms with Crippen LogP contribution in [0, 0.1) is 0 Å². The second kappa shape index (κ2) is 4.21. The predicted octanol–water partition coefficient (Wildman–Crippen LogP) is 0.446. The number of hydrogen-bond donors (Lipinski definition) is 3. The van der Waals surface area contributed by atoms with E-state index >= 15 is 0 Å². The van der Waals surface area contributed by atoms with Gasteiger partial charge in [0.25, 0.3) is 0 Å². The van der Waals surface area contributed by atoms with Crippen LogP contribution in [0.15, 0.2) is 24.3 Å². The van der Waals surface area contributed by atoms with Crippen molar-refractivity contribution in [3.8, 4) is 11.1 Å². The van der Waals surface area contributed by atoms with Crippen LogP contribution in [0.2, 0.25) is 0 Å². The SMILES string of the molecule is CC(O)C(N)C(=O)O.c1cc2cc-2c1. The molecule has 2 aliphatic rings. The fraction of sp³-hybridized carbons (Fsp3) is 0.300. The average Bonchev–Trinajstić information content (AvgIpc) is 2.73. The largest absolute Gasteiger partial charge is 0.480 e. The highest BCUT2D eigenvalue weighted by Crippen LogP contribution is 2.32. The first-order valence-electron chi connectivity index (χ1n) is 4.29. The van der Waals surface area contributed by atoms with Crippen molar-refractivity contribution in [2.24, 2.45) is 5.73 Å². The van der Waals surface area contributed by atoms with Crippen molar-refractivity contribution in [3.05, 3.63) is 24.3 Å². The van der Waals surface area contributed by atoms with E-state index in [1.54, 1.807) is 0 Å². The minimum absolute atomic E-state index is 0.979. The summed E-state index contributed by atoms with van der Waals surface area (Å²) in [6.07, 6.45) is -0.979. The van der Waals surface area contributed by atoms with Crippen molar-refractivity contribution in [1.82, 2.24) is 0 Å². The van der Waals surface area contributed by atoms with Gasteiger partial charge in [-0.25, -0.2) is 0 Å². The Balaban J connectivity index is 0.000000143. The van der Waals surface area contributed by atoms with Crippen LogP contribution in [-0.4, -0.2) is 28.3 Å². The molecule has 2 rings (SSSR count). The lowest BCUT2D eigenvalue weighted by atomic mass is 10.2.